The minimum atomic E-state index is -4.12. The molecule has 40 heavy (non-hydrogen) atoms. The third-order valence-corrected chi connectivity index (χ3v) is 9.19. The van der Waals surface area contributed by atoms with Crippen molar-refractivity contribution in [2.24, 2.45) is 0 Å². The standard InChI is InChI=1S/C31H38ClN3O4S/c1-7-23(4)33-31(37)25(6)34(19-26-13-15-27(32)16-14-26)30(36)20-35(29-10-8-9-22(3)24(29)5)40(38,39)28-17-11-21(2)12-18-28/h8-18,23,25H,7,19-20H2,1-6H3,(H,33,37)/t23-,25-/m0/s1. The number of rotatable bonds is 11. The van der Waals surface area contributed by atoms with E-state index in [1.165, 1.54) is 4.90 Å². The molecule has 0 heterocycles. The number of benzene rings is 3. The largest absolute Gasteiger partial charge is 0.352 e. The van der Waals surface area contributed by atoms with E-state index in [2.05, 4.69) is 5.32 Å². The summed E-state index contributed by atoms with van der Waals surface area (Å²) in [5.41, 5.74) is 3.74. The number of halogens is 1. The molecule has 1 N–H and O–H groups in total. The van der Waals surface area contributed by atoms with Gasteiger partial charge >= 0.3 is 0 Å². The van der Waals surface area contributed by atoms with Gasteiger partial charge in [0.05, 0.1) is 10.6 Å². The van der Waals surface area contributed by atoms with Crippen molar-refractivity contribution >= 4 is 39.1 Å². The van der Waals surface area contributed by atoms with Crippen molar-refractivity contribution < 1.29 is 18.0 Å². The molecule has 2 atom stereocenters. The first-order valence-electron chi connectivity index (χ1n) is 13.3. The molecule has 3 rings (SSSR count). The molecule has 0 saturated carbocycles. The van der Waals surface area contributed by atoms with Crippen LogP contribution in [-0.4, -0.2) is 43.8 Å². The highest BCUT2D eigenvalue weighted by atomic mass is 35.5. The van der Waals surface area contributed by atoms with Gasteiger partial charge < -0.3 is 10.2 Å². The van der Waals surface area contributed by atoms with Crippen molar-refractivity contribution in [3.05, 3.63) is 94.0 Å². The lowest BCUT2D eigenvalue weighted by atomic mass is 10.1. The number of aryl methyl sites for hydroxylation is 2. The molecule has 0 unspecified atom stereocenters. The third kappa shape index (κ3) is 7.43. The average Bonchev–Trinajstić information content (AvgIpc) is 2.92. The van der Waals surface area contributed by atoms with Crippen molar-refractivity contribution in [3.63, 3.8) is 0 Å². The number of nitrogens with one attached hydrogen (secondary N) is 1. The van der Waals surface area contributed by atoms with Crippen LogP contribution in [0.25, 0.3) is 0 Å². The molecule has 0 bridgehead atoms. The zero-order valence-corrected chi connectivity index (χ0v) is 25.5. The summed E-state index contributed by atoms with van der Waals surface area (Å²) >= 11 is 6.06. The van der Waals surface area contributed by atoms with Crippen molar-refractivity contribution in [1.29, 1.82) is 0 Å². The predicted molar refractivity (Wildman–Crippen MR) is 161 cm³/mol. The maximum Gasteiger partial charge on any atom is 0.264 e. The predicted octanol–water partition coefficient (Wildman–Crippen LogP) is 5.79. The average molecular weight is 584 g/mol. The fraction of sp³-hybridized carbons (Fsp3) is 0.355. The number of carbonyl (C=O) groups excluding carboxylic acids is 2. The zero-order valence-electron chi connectivity index (χ0n) is 23.9. The van der Waals surface area contributed by atoms with Crippen LogP contribution in [0.4, 0.5) is 5.69 Å². The molecule has 214 valence electrons. The first-order chi connectivity index (χ1) is 18.8. The molecule has 7 nitrogen and oxygen atoms in total. The molecular weight excluding hydrogens is 546 g/mol. The van der Waals surface area contributed by atoms with E-state index in [1.807, 2.05) is 40.7 Å². The van der Waals surface area contributed by atoms with Crippen molar-refractivity contribution in [2.75, 3.05) is 10.8 Å². The van der Waals surface area contributed by atoms with Gasteiger partial charge in [0.15, 0.2) is 0 Å². The minimum absolute atomic E-state index is 0.0733. The lowest BCUT2D eigenvalue weighted by molar-refractivity contribution is -0.139. The van der Waals surface area contributed by atoms with Crippen LogP contribution in [0.3, 0.4) is 0 Å². The Labute approximate surface area is 243 Å². The van der Waals surface area contributed by atoms with E-state index in [9.17, 15) is 18.0 Å². The van der Waals surface area contributed by atoms with E-state index in [0.717, 1.165) is 33.0 Å². The molecule has 0 saturated heterocycles. The summed E-state index contributed by atoms with van der Waals surface area (Å²) in [5.74, 6) is -0.810. The van der Waals surface area contributed by atoms with Crippen LogP contribution in [-0.2, 0) is 26.2 Å². The molecule has 2 amide bonds. The van der Waals surface area contributed by atoms with Crippen LogP contribution in [0.2, 0.25) is 5.02 Å². The second-order valence-corrected chi connectivity index (χ2v) is 12.5. The molecule has 0 spiro atoms. The lowest BCUT2D eigenvalue weighted by Crippen LogP contribution is -2.52. The maximum absolute atomic E-state index is 14.0. The second kappa shape index (κ2) is 13.3. The van der Waals surface area contributed by atoms with E-state index >= 15 is 0 Å². The third-order valence-electron chi connectivity index (χ3n) is 7.17. The van der Waals surface area contributed by atoms with Gasteiger partial charge in [-0.3, -0.25) is 13.9 Å². The van der Waals surface area contributed by atoms with E-state index in [4.69, 9.17) is 11.6 Å². The van der Waals surface area contributed by atoms with E-state index in [0.29, 0.717) is 10.7 Å². The molecule has 0 aromatic heterocycles. The molecule has 0 aliphatic heterocycles. The summed E-state index contributed by atoms with van der Waals surface area (Å²) in [4.78, 5) is 28.7. The topological polar surface area (TPSA) is 86.8 Å². The van der Waals surface area contributed by atoms with Crippen LogP contribution in [0, 0.1) is 20.8 Å². The maximum atomic E-state index is 14.0. The van der Waals surface area contributed by atoms with Gasteiger partial charge in [0.2, 0.25) is 11.8 Å². The van der Waals surface area contributed by atoms with Crippen molar-refractivity contribution in [2.45, 2.75) is 71.5 Å². The number of carbonyl (C=O) groups is 2. The van der Waals surface area contributed by atoms with Gasteiger partial charge in [0.1, 0.15) is 12.6 Å². The Balaban J connectivity index is 2.06. The van der Waals surface area contributed by atoms with Crippen molar-refractivity contribution in [3.8, 4) is 0 Å². The Morgan fingerprint density at radius 1 is 0.925 bits per heavy atom. The Morgan fingerprint density at radius 2 is 1.55 bits per heavy atom. The smallest absolute Gasteiger partial charge is 0.264 e. The summed E-state index contributed by atoms with van der Waals surface area (Å²) in [6, 6.07) is 18.0. The SMILES string of the molecule is CC[C@H](C)NC(=O)[C@H](C)N(Cc1ccc(Cl)cc1)C(=O)CN(c1cccc(C)c1C)S(=O)(=O)c1ccc(C)cc1. The molecule has 0 aliphatic carbocycles. The molecular formula is C31H38ClN3O4S. The highest BCUT2D eigenvalue weighted by Crippen LogP contribution is 2.29. The molecule has 0 aliphatic rings. The number of hydrogen-bond donors (Lipinski definition) is 1. The highest BCUT2D eigenvalue weighted by molar-refractivity contribution is 7.92. The van der Waals surface area contributed by atoms with Gasteiger partial charge in [-0.25, -0.2) is 8.42 Å². The van der Waals surface area contributed by atoms with Gasteiger partial charge in [0.25, 0.3) is 10.0 Å². The monoisotopic (exact) mass is 583 g/mol. The summed E-state index contributed by atoms with van der Waals surface area (Å²) < 4.78 is 29.2. The first kappa shape index (κ1) is 31.2. The van der Waals surface area contributed by atoms with Crippen LogP contribution >= 0.6 is 11.6 Å². The van der Waals surface area contributed by atoms with E-state index in [1.54, 1.807) is 67.6 Å². The van der Waals surface area contributed by atoms with Crippen molar-refractivity contribution in [1.82, 2.24) is 10.2 Å². The summed E-state index contributed by atoms with van der Waals surface area (Å²) in [5, 5.41) is 3.49. The normalized spacial score (nSPS) is 12.9. The quantitative estimate of drug-likeness (QED) is 0.309. The number of amides is 2. The molecule has 3 aromatic carbocycles. The van der Waals surface area contributed by atoms with E-state index in [-0.39, 0.29) is 23.4 Å². The second-order valence-electron chi connectivity index (χ2n) is 10.2. The van der Waals surface area contributed by atoms with Gasteiger partial charge in [-0.2, -0.15) is 0 Å². The van der Waals surface area contributed by atoms with Gasteiger partial charge in [-0.15, -0.1) is 0 Å². The summed E-state index contributed by atoms with van der Waals surface area (Å²) in [6.07, 6.45) is 0.735. The number of nitrogens with zero attached hydrogens (tertiary/aromatic N) is 2. The molecule has 9 heteroatoms. The number of anilines is 1. The summed E-state index contributed by atoms with van der Waals surface area (Å²) in [7, 11) is -4.12. The molecule has 3 aromatic rings. The fourth-order valence-corrected chi connectivity index (χ4v) is 5.79. The molecule has 0 fully saturated rings. The lowest BCUT2D eigenvalue weighted by Gasteiger charge is -2.33. The number of sulfonamides is 1. The fourth-order valence-electron chi connectivity index (χ4n) is 4.19. The zero-order chi connectivity index (χ0) is 29.6. The Kier molecular flexibility index (Phi) is 10.4. The van der Waals surface area contributed by atoms with E-state index < -0.39 is 28.5 Å². The Hall–Kier alpha value is -3.36. The highest BCUT2D eigenvalue weighted by Gasteiger charge is 2.33. The number of hydrogen-bond acceptors (Lipinski definition) is 4. The van der Waals surface area contributed by atoms with Crippen LogP contribution < -0.4 is 9.62 Å². The van der Waals surface area contributed by atoms with Crippen LogP contribution in [0.5, 0.6) is 0 Å². The molecule has 0 radical (unpaired) electrons. The summed E-state index contributed by atoms with van der Waals surface area (Å²) in [6.45, 7) is 10.7. The van der Waals surface area contributed by atoms with Crippen LogP contribution in [0.15, 0.2) is 71.6 Å². The van der Waals surface area contributed by atoms with Gasteiger partial charge in [0, 0.05) is 17.6 Å². The minimum Gasteiger partial charge on any atom is -0.352 e. The Morgan fingerprint density at radius 3 is 2.15 bits per heavy atom. The van der Waals surface area contributed by atoms with Gasteiger partial charge in [-0.05, 0) is 88.1 Å². The first-order valence-corrected chi connectivity index (χ1v) is 15.2. The van der Waals surface area contributed by atoms with Crippen LogP contribution in [0.1, 0.15) is 49.4 Å². The Bertz CT molecular complexity index is 1440. The van der Waals surface area contributed by atoms with Gasteiger partial charge in [-0.1, -0.05) is 60.5 Å².